The van der Waals surface area contributed by atoms with Gasteiger partial charge in [-0.05, 0) is 5.92 Å². The van der Waals surface area contributed by atoms with Crippen LogP contribution in [0.2, 0.25) is 0 Å². The highest BCUT2D eigenvalue weighted by molar-refractivity contribution is 7.90. The molecule has 0 spiro atoms. The summed E-state index contributed by atoms with van der Waals surface area (Å²) in [7, 11) is -1.73. The first-order chi connectivity index (χ1) is 8.58. The lowest BCUT2D eigenvalue weighted by atomic mass is 9.99. The second-order valence-corrected chi connectivity index (χ2v) is 6.96. The van der Waals surface area contributed by atoms with Crippen molar-refractivity contribution in [2.24, 2.45) is 5.92 Å². The minimum Gasteiger partial charge on any atom is -0.480 e. The normalized spacial score (nSPS) is 14.5. The molecule has 7 nitrogen and oxygen atoms in total. The van der Waals surface area contributed by atoms with Crippen molar-refractivity contribution < 1.29 is 23.1 Å². The topological polar surface area (TPSA) is 104 Å². The van der Waals surface area contributed by atoms with Gasteiger partial charge in [-0.15, -0.1) is 0 Å². The van der Waals surface area contributed by atoms with Crippen molar-refractivity contribution in [2.45, 2.75) is 26.3 Å². The highest BCUT2D eigenvalue weighted by atomic mass is 32.2. The van der Waals surface area contributed by atoms with E-state index in [1.54, 1.807) is 6.92 Å². The van der Waals surface area contributed by atoms with Crippen molar-refractivity contribution in [3.8, 4) is 0 Å². The summed E-state index contributed by atoms with van der Waals surface area (Å²) in [5.41, 5.74) is 0. The molecule has 0 aliphatic carbocycles. The number of aliphatic carboxylic acids is 1. The standard InChI is InChI=1S/C11H22N2O5S/c1-5-8(2)9(10(14)15)12-11(16)13(3)6-7-19(4,17)18/h8-9H,5-7H2,1-4H3,(H,12,16)(H,14,15). The Morgan fingerprint density at radius 2 is 1.89 bits per heavy atom. The van der Waals surface area contributed by atoms with Gasteiger partial charge in [-0.2, -0.15) is 0 Å². The van der Waals surface area contributed by atoms with Gasteiger partial charge in [0.05, 0.1) is 5.75 Å². The molecule has 0 fully saturated rings. The monoisotopic (exact) mass is 294 g/mol. The highest BCUT2D eigenvalue weighted by Gasteiger charge is 2.26. The van der Waals surface area contributed by atoms with E-state index in [2.05, 4.69) is 5.32 Å². The molecule has 0 aliphatic heterocycles. The number of carbonyl (C=O) groups is 2. The van der Waals surface area contributed by atoms with Gasteiger partial charge in [0.1, 0.15) is 15.9 Å². The predicted octanol–water partition coefficient (Wildman–Crippen LogP) is 0.172. The molecular weight excluding hydrogens is 272 g/mol. The van der Waals surface area contributed by atoms with Crippen LogP contribution in [-0.2, 0) is 14.6 Å². The second kappa shape index (κ2) is 7.32. The van der Waals surface area contributed by atoms with E-state index in [9.17, 15) is 18.0 Å². The third-order valence-corrected chi connectivity index (χ3v) is 3.83. The Balaban J connectivity index is 4.52. The largest absolute Gasteiger partial charge is 0.480 e. The summed E-state index contributed by atoms with van der Waals surface area (Å²) in [5.74, 6) is -1.46. The van der Waals surface area contributed by atoms with Gasteiger partial charge >= 0.3 is 12.0 Å². The third kappa shape index (κ3) is 7.00. The molecule has 112 valence electrons. The Hall–Kier alpha value is -1.31. The SMILES string of the molecule is CCC(C)C(NC(=O)N(C)CCS(C)(=O)=O)C(=O)O. The van der Waals surface area contributed by atoms with E-state index in [0.29, 0.717) is 6.42 Å². The third-order valence-electron chi connectivity index (χ3n) is 2.90. The maximum absolute atomic E-state index is 11.8. The van der Waals surface area contributed by atoms with Crippen LogP contribution >= 0.6 is 0 Å². The summed E-state index contributed by atoms with van der Waals surface area (Å²) in [4.78, 5) is 24.0. The second-order valence-electron chi connectivity index (χ2n) is 4.70. The molecule has 2 N–H and O–H groups in total. The van der Waals surface area contributed by atoms with Gasteiger partial charge in [-0.3, -0.25) is 0 Å². The molecule has 2 amide bonds. The maximum atomic E-state index is 11.8. The zero-order chi connectivity index (χ0) is 15.2. The molecule has 0 aromatic rings. The number of carboxylic acids is 1. The number of sulfone groups is 1. The van der Waals surface area contributed by atoms with E-state index >= 15 is 0 Å². The van der Waals surface area contributed by atoms with Crippen molar-refractivity contribution >= 4 is 21.8 Å². The van der Waals surface area contributed by atoms with E-state index < -0.39 is 27.9 Å². The molecule has 0 aromatic heterocycles. The first-order valence-corrected chi connectivity index (χ1v) is 8.06. The summed E-state index contributed by atoms with van der Waals surface area (Å²) in [6, 6.07) is -1.56. The number of rotatable bonds is 7. The van der Waals surface area contributed by atoms with Crippen LogP contribution in [0.3, 0.4) is 0 Å². The summed E-state index contributed by atoms with van der Waals surface area (Å²) in [6.07, 6.45) is 1.70. The molecule has 0 saturated carbocycles. The number of hydrogen-bond donors (Lipinski definition) is 2. The molecule has 8 heteroatoms. The van der Waals surface area contributed by atoms with Crippen LogP contribution in [-0.4, -0.2) is 62.1 Å². The van der Waals surface area contributed by atoms with Gasteiger partial charge in [-0.25, -0.2) is 18.0 Å². The molecule has 0 aliphatic rings. The van der Waals surface area contributed by atoms with Crippen molar-refractivity contribution in [3.05, 3.63) is 0 Å². The molecule has 2 atom stereocenters. The number of carboxylic acid groups (broad SMARTS) is 1. The zero-order valence-corrected chi connectivity index (χ0v) is 12.5. The van der Waals surface area contributed by atoms with Gasteiger partial charge in [0.25, 0.3) is 0 Å². The van der Waals surface area contributed by atoms with Crippen molar-refractivity contribution in [3.63, 3.8) is 0 Å². The van der Waals surface area contributed by atoms with Gasteiger partial charge in [-0.1, -0.05) is 20.3 Å². The molecule has 0 bridgehead atoms. The summed E-state index contributed by atoms with van der Waals surface area (Å²) in [6.45, 7) is 3.59. The molecular formula is C11H22N2O5S. The van der Waals surface area contributed by atoms with E-state index in [-0.39, 0.29) is 18.2 Å². The highest BCUT2D eigenvalue weighted by Crippen LogP contribution is 2.08. The number of amides is 2. The van der Waals surface area contributed by atoms with Crippen LogP contribution < -0.4 is 5.32 Å². The van der Waals surface area contributed by atoms with Crippen LogP contribution in [0.15, 0.2) is 0 Å². The quantitative estimate of drug-likeness (QED) is 0.696. The summed E-state index contributed by atoms with van der Waals surface area (Å²) < 4.78 is 22.0. The number of hydrogen-bond acceptors (Lipinski definition) is 4. The van der Waals surface area contributed by atoms with Crippen LogP contribution in [0.4, 0.5) is 4.79 Å². The zero-order valence-electron chi connectivity index (χ0n) is 11.7. The lowest BCUT2D eigenvalue weighted by Gasteiger charge is -2.24. The van der Waals surface area contributed by atoms with E-state index in [1.807, 2.05) is 6.92 Å². The number of urea groups is 1. The Kier molecular flexibility index (Phi) is 6.82. The van der Waals surface area contributed by atoms with Gasteiger partial charge in [0.2, 0.25) is 0 Å². The average molecular weight is 294 g/mol. The molecule has 0 rings (SSSR count). The molecule has 0 heterocycles. The smallest absolute Gasteiger partial charge is 0.326 e. The number of nitrogens with zero attached hydrogens (tertiary/aromatic N) is 1. The number of nitrogens with one attached hydrogen (secondary N) is 1. The Labute approximate surface area is 113 Å². The Morgan fingerprint density at radius 3 is 2.26 bits per heavy atom. The van der Waals surface area contributed by atoms with Gasteiger partial charge < -0.3 is 15.3 Å². The lowest BCUT2D eigenvalue weighted by molar-refractivity contribution is -0.140. The van der Waals surface area contributed by atoms with Crippen molar-refractivity contribution in [2.75, 3.05) is 25.6 Å². The number of carbonyl (C=O) groups excluding carboxylic acids is 1. The van der Waals surface area contributed by atoms with Crippen molar-refractivity contribution in [1.29, 1.82) is 0 Å². The molecule has 2 unspecified atom stereocenters. The van der Waals surface area contributed by atoms with Crippen LogP contribution in [0.5, 0.6) is 0 Å². The summed E-state index contributed by atoms with van der Waals surface area (Å²) in [5, 5.41) is 11.4. The van der Waals surface area contributed by atoms with E-state index in [0.717, 1.165) is 6.26 Å². The Bertz CT molecular complexity index is 421. The Morgan fingerprint density at radius 1 is 1.37 bits per heavy atom. The molecule has 0 radical (unpaired) electrons. The maximum Gasteiger partial charge on any atom is 0.326 e. The van der Waals surface area contributed by atoms with E-state index in [1.165, 1.54) is 11.9 Å². The molecule has 19 heavy (non-hydrogen) atoms. The first-order valence-electron chi connectivity index (χ1n) is 6.00. The molecule has 0 saturated heterocycles. The lowest BCUT2D eigenvalue weighted by Crippen LogP contribution is -2.50. The predicted molar refractivity (Wildman–Crippen MR) is 71.8 cm³/mol. The molecule has 0 aromatic carbocycles. The minimum absolute atomic E-state index is 0.0253. The van der Waals surface area contributed by atoms with Crippen LogP contribution in [0, 0.1) is 5.92 Å². The summed E-state index contributed by atoms with van der Waals surface area (Å²) >= 11 is 0. The van der Waals surface area contributed by atoms with Crippen LogP contribution in [0.25, 0.3) is 0 Å². The average Bonchev–Trinajstić information content (AvgIpc) is 2.30. The fraction of sp³-hybridized carbons (Fsp3) is 0.818. The fourth-order valence-corrected chi connectivity index (χ4v) is 1.94. The van der Waals surface area contributed by atoms with Crippen molar-refractivity contribution in [1.82, 2.24) is 10.2 Å². The van der Waals surface area contributed by atoms with Gasteiger partial charge in [0.15, 0.2) is 0 Å². The van der Waals surface area contributed by atoms with Gasteiger partial charge in [0, 0.05) is 19.8 Å². The fourth-order valence-electron chi connectivity index (χ4n) is 1.33. The minimum atomic E-state index is -3.16. The first kappa shape index (κ1) is 17.7. The van der Waals surface area contributed by atoms with E-state index in [4.69, 9.17) is 5.11 Å². The van der Waals surface area contributed by atoms with Crippen LogP contribution in [0.1, 0.15) is 20.3 Å².